The van der Waals surface area contributed by atoms with Crippen molar-refractivity contribution in [3.8, 4) is 0 Å². The number of hydrogen-bond acceptors (Lipinski definition) is 3. The van der Waals surface area contributed by atoms with Crippen LogP contribution in [0.2, 0.25) is 0 Å². The maximum absolute atomic E-state index is 14.0. The number of hydrogen-bond donors (Lipinski definition) is 0. The minimum atomic E-state index is -3.46. The van der Waals surface area contributed by atoms with Gasteiger partial charge in [-0.3, -0.25) is 4.79 Å². The van der Waals surface area contributed by atoms with Crippen molar-refractivity contribution in [1.29, 1.82) is 0 Å². The second-order valence-electron chi connectivity index (χ2n) is 5.75. The largest absolute Gasteiger partial charge is 0.339 e. The minimum Gasteiger partial charge on any atom is -0.339 e. The number of halogens is 1. The highest BCUT2D eigenvalue weighted by Crippen LogP contribution is 2.24. The highest BCUT2D eigenvalue weighted by molar-refractivity contribution is 7.91. The van der Waals surface area contributed by atoms with E-state index in [-0.39, 0.29) is 22.3 Å². The molecule has 1 fully saturated rings. The second kappa shape index (κ2) is 6.77. The summed E-state index contributed by atoms with van der Waals surface area (Å²) in [6, 6.07) is 3.54. The van der Waals surface area contributed by atoms with Crippen molar-refractivity contribution in [3.05, 3.63) is 29.6 Å². The van der Waals surface area contributed by atoms with Crippen LogP contribution >= 0.6 is 0 Å². The fraction of sp³-hybridized carbons (Fsp3) is 0.562. The van der Waals surface area contributed by atoms with Gasteiger partial charge in [0.05, 0.1) is 16.2 Å². The SMILES string of the molecule is CCS(=O)(=O)c1ccc(F)c(C(=O)N(C)C2CCCCC2)c1. The van der Waals surface area contributed by atoms with E-state index in [9.17, 15) is 17.6 Å². The fourth-order valence-electron chi connectivity index (χ4n) is 2.85. The third-order valence-electron chi connectivity index (χ3n) is 4.35. The molecule has 0 saturated heterocycles. The van der Waals surface area contributed by atoms with Crippen LogP contribution in [-0.2, 0) is 9.84 Å². The number of sulfone groups is 1. The van der Waals surface area contributed by atoms with Gasteiger partial charge in [-0.15, -0.1) is 0 Å². The van der Waals surface area contributed by atoms with E-state index in [1.807, 2.05) is 0 Å². The molecule has 1 aliphatic carbocycles. The Hall–Kier alpha value is -1.43. The number of carbonyl (C=O) groups is 1. The Balaban J connectivity index is 2.30. The van der Waals surface area contributed by atoms with E-state index in [1.54, 1.807) is 11.9 Å². The molecular formula is C16H22FNO3S. The Morgan fingerprint density at radius 1 is 1.27 bits per heavy atom. The lowest BCUT2D eigenvalue weighted by Crippen LogP contribution is -2.38. The van der Waals surface area contributed by atoms with Crippen LogP contribution in [0.25, 0.3) is 0 Å². The highest BCUT2D eigenvalue weighted by atomic mass is 32.2. The molecule has 0 aromatic heterocycles. The summed E-state index contributed by atoms with van der Waals surface area (Å²) >= 11 is 0. The lowest BCUT2D eigenvalue weighted by molar-refractivity contribution is 0.0691. The molecule has 1 aromatic carbocycles. The lowest BCUT2D eigenvalue weighted by atomic mass is 9.94. The topological polar surface area (TPSA) is 54.5 Å². The molecule has 1 aromatic rings. The maximum atomic E-state index is 14.0. The van der Waals surface area contributed by atoms with Gasteiger partial charge in [0, 0.05) is 13.1 Å². The molecule has 4 nitrogen and oxygen atoms in total. The van der Waals surface area contributed by atoms with Crippen molar-refractivity contribution >= 4 is 15.7 Å². The molecule has 0 spiro atoms. The van der Waals surface area contributed by atoms with Crippen molar-refractivity contribution in [1.82, 2.24) is 4.90 Å². The fourth-order valence-corrected chi connectivity index (χ4v) is 3.76. The standard InChI is InChI=1S/C16H22FNO3S/c1-3-22(20,21)13-9-10-15(17)14(11-13)16(19)18(2)12-7-5-4-6-8-12/h9-12H,3-8H2,1-2H3. The summed E-state index contributed by atoms with van der Waals surface area (Å²) in [4.78, 5) is 14.1. The Kier molecular flexibility index (Phi) is 5.21. The lowest BCUT2D eigenvalue weighted by Gasteiger charge is -2.31. The molecule has 0 N–H and O–H groups in total. The molecule has 0 heterocycles. The van der Waals surface area contributed by atoms with Gasteiger partial charge in [-0.05, 0) is 31.0 Å². The first kappa shape index (κ1) is 16.9. The monoisotopic (exact) mass is 327 g/mol. The third-order valence-corrected chi connectivity index (χ3v) is 6.08. The first-order chi connectivity index (χ1) is 10.4. The Morgan fingerprint density at radius 3 is 2.50 bits per heavy atom. The molecule has 1 amide bonds. The summed E-state index contributed by atoms with van der Waals surface area (Å²) in [6.07, 6.45) is 5.12. The van der Waals surface area contributed by atoms with Crippen LogP contribution in [-0.4, -0.2) is 38.1 Å². The van der Waals surface area contributed by atoms with Crippen molar-refractivity contribution in [2.45, 2.75) is 50.0 Å². The minimum absolute atomic E-state index is 0.00297. The number of rotatable bonds is 4. The molecule has 1 aliphatic rings. The van der Waals surface area contributed by atoms with Gasteiger partial charge in [-0.1, -0.05) is 26.2 Å². The van der Waals surface area contributed by atoms with Crippen LogP contribution in [0.1, 0.15) is 49.4 Å². The van der Waals surface area contributed by atoms with Crippen molar-refractivity contribution in [3.63, 3.8) is 0 Å². The maximum Gasteiger partial charge on any atom is 0.256 e. The first-order valence-electron chi connectivity index (χ1n) is 7.66. The normalized spacial score (nSPS) is 16.5. The molecule has 22 heavy (non-hydrogen) atoms. The summed E-state index contributed by atoms with van der Waals surface area (Å²) in [5.41, 5.74) is -0.164. The average Bonchev–Trinajstić information content (AvgIpc) is 2.54. The van der Waals surface area contributed by atoms with E-state index in [0.717, 1.165) is 44.2 Å². The smallest absolute Gasteiger partial charge is 0.256 e. The van der Waals surface area contributed by atoms with Gasteiger partial charge in [0.1, 0.15) is 5.82 Å². The quantitative estimate of drug-likeness (QED) is 0.799. The molecule has 0 aliphatic heterocycles. The van der Waals surface area contributed by atoms with Gasteiger partial charge < -0.3 is 4.90 Å². The van der Waals surface area contributed by atoms with Crippen LogP contribution in [0.3, 0.4) is 0 Å². The second-order valence-corrected chi connectivity index (χ2v) is 8.03. The Morgan fingerprint density at radius 2 is 1.91 bits per heavy atom. The van der Waals surface area contributed by atoms with Crippen molar-refractivity contribution < 1.29 is 17.6 Å². The van der Waals surface area contributed by atoms with Crippen LogP contribution in [0.4, 0.5) is 4.39 Å². The van der Waals surface area contributed by atoms with E-state index in [4.69, 9.17) is 0 Å². The Bertz CT molecular complexity index is 651. The van der Waals surface area contributed by atoms with Crippen LogP contribution in [0, 0.1) is 5.82 Å². The molecule has 0 atom stereocenters. The van der Waals surface area contributed by atoms with Gasteiger partial charge in [0.25, 0.3) is 5.91 Å². The zero-order chi connectivity index (χ0) is 16.3. The molecule has 2 rings (SSSR count). The zero-order valence-corrected chi connectivity index (χ0v) is 13.8. The predicted molar refractivity (Wildman–Crippen MR) is 83.1 cm³/mol. The molecule has 122 valence electrons. The number of nitrogens with zero attached hydrogens (tertiary/aromatic N) is 1. The number of carbonyl (C=O) groups excluding carboxylic acids is 1. The summed E-state index contributed by atoms with van der Waals surface area (Å²) in [5, 5.41) is 0. The van der Waals surface area contributed by atoms with E-state index >= 15 is 0 Å². The number of amides is 1. The zero-order valence-electron chi connectivity index (χ0n) is 13.0. The van der Waals surface area contributed by atoms with Crippen molar-refractivity contribution in [2.75, 3.05) is 12.8 Å². The van der Waals surface area contributed by atoms with Gasteiger partial charge in [-0.25, -0.2) is 12.8 Å². The summed E-state index contributed by atoms with van der Waals surface area (Å²) in [5.74, 6) is -1.20. The third kappa shape index (κ3) is 3.48. The van der Waals surface area contributed by atoms with E-state index < -0.39 is 21.6 Å². The predicted octanol–water partition coefficient (Wildman–Crippen LogP) is 3.02. The molecule has 6 heteroatoms. The van der Waals surface area contributed by atoms with Gasteiger partial charge in [0.2, 0.25) is 0 Å². The molecule has 0 unspecified atom stereocenters. The molecule has 0 radical (unpaired) electrons. The van der Waals surface area contributed by atoms with Crippen LogP contribution in [0.5, 0.6) is 0 Å². The average molecular weight is 327 g/mol. The molecule has 1 saturated carbocycles. The molecular weight excluding hydrogens is 305 g/mol. The number of benzene rings is 1. The van der Waals surface area contributed by atoms with E-state index in [0.29, 0.717) is 0 Å². The summed E-state index contributed by atoms with van der Waals surface area (Å²) in [7, 11) is -1.79. The van der Waals surface area contributed by atoms with Gasteiger partial charge >= 0.3 is 0 Å². The highest BCUT2D eigenvalue weighted by Gasteiger charge is 2.26. The van der Waals surface area contributed by atoms with Crippen LogP contribution < -0.4 is 0 Å². The van der Waals surface area contributed by atoms with Gasteiger partial charge in [-0.2, -0.15) is 0 Å². The Labute approximate surface area is 131 Å². The van der Waals surface area contributed by atoms with Crippen LogP contribution in [0.15, 0.2) is 23.1 Å². The van der Waals surface area contributed by atoms with E-state index in [2.05, 4.69) is 0 Å². The first-order valence-corrected chi connectivity index (χ1v) is 9.31. The van der Waals surface area contributed by atoms with Gasteiger partial charge in [0.15, 0.2) is 9.84 Å². The van der Waals surface area contributed by atoms with Crippen molar-refractivity contribution in [2.24, 2.45) is 0 Å². The molecule has 0 bridgehead atoms. The summed E-state index contributed by atoms with van der Waals surface area (Å²) < 4.78 is 37.8. The summed E-state index contributed by atoms with van der Waals surface area (Å²) in [6.45, 7) is 1.52. The van der Waals surface area contributed by atoms with E-state index in [1.165, 1.54) is 13.0 Å².